The second-order valence-electron chi connectivity index (χ2n) is 6.01. The number of carbonyl (C=O) groups is 1. The van der Waals surface area contributed by atoms with Crippen molar-refractivity contribution in [2.24, 2.45) is 5.92 Å². The lowest BCUT2D eigenvalue weighted by Crippen LogP contribution is -2.40. The number of hydrogen-bond donors (Lipinski definition) is 1. The average molecular weight is 463 g/mol. The molecule has 0 unspecified atom stereocenters. The van der Waals surface area contributed by atoms with Crippen LogP contribution in [-0.2, 0) is 0 Å². The number of amides is 1. The SMILES string of the molecule is O=C(c1cc(Br)ccc1I)N(CC1CCNCC1)C1CC1. The molecule has 1 saturated carbocycles. The number of piperidine rings is 1. The lowest BCUT2D eigenvalue weighted by atomic mass is 9.97. The second kappa shape index (κ2) is 6.96. The summed E-state index contributed by atoms with van der Waals surface area (Å²) in [4.78, 5) is 15.1. The number of nitrogens with zero attached hydrogens (tertiary/aromatic N) is 1. The third-order valence-corrected chi connectivity index (χ3v) is 5.75. The fraction of sp³-hybridized carbons (Fsp3) is 0.562. The molecular formula is C16H20BrIN2O. The van der Waals surface area contributed by atoms with Gasteiger partial charge in [0.25, 0.3) is 5.91 Å². The zero-order valence-electron chi connectivity index (χ0n) is 11.9. The summed E-state index contributed by atoms with van der Waals surface area (Å²) >= 11 is 5.74. The highest BCUT2D eigenvalue weighted by atomic mass is 127. The van der Waals surface area contributed by atoms with Crippen LogP contribution in [0, 0.1) is 9.49 Å². The highest BCUT2D eigenvalue weighted by Gasteiger charge is 2.35. The monoisotopic (exact) mass is 462 g/mol. The summed E-state index contributed by atoms with van der Waals surface area (Å²) in [5, 5.41) is 3.40. The smallest absolute Gasteiger partial charge is 0.255 e. The molecule has 1 aliphatic carbocycles. The van der Waals surface area contributed by atoms with Gasteiger partial charge in [0.1, 0.15) is 0 Å². The molecule has 0 bridgehead atoms. The summed E-state index contributed by atoms with van der Waals surface area (Å²) in [6, 6.07) is 6.43. The molecule has 0 spiro atoms. The molecule has 21 heavy (non-hydrogen) atoms. The van der Waals surface area contributed by atoms with Gasteiger partial charge in [-0.25, -0.2) is 0 Å². The zero-order valence-corrected chi connectivity index (χ0v) is 15.7. The zero-order chi connectivity index (χ0) is 14.8. The van der Waals surface area contributed by atoms with E-state index in [1.807, 2.05) is 18.2 Å². The van der Waals surface area contributed by atoms with Crippen molar-refractivity contribution in [1.82, 2.24) is 10.2 Å². The number of rotatable bonds is 4. The Bertz CT molecular complexity index is 527. The van der Waals surface area contributed by atoms with Crippen LogP contribution in [0.1, 0.15) is 36.0 Å². The van der Waals surface area contributed by atoms with E-state index in [9.17, 15) is 4.79 Å². The predicted octanol–water partition coefficient (Wildman–Crippen LogP) is 3.66. The standard InChI is InChI=1S/C16H20BrIN2O/c17-12-1-4-15(18)14(9-12)16(21)20(13-2-3-13)10-11-5-7-19-8-6-11/h1,4,9,11,13,19H,2-3,5-8,10H2. The van der Waals surface area contributed by atoms with Crippen LogP contribution in [0.5, 0.6) is 0 Å². The second-order valence-corrected chi connectivity index (χ2v) is 8.08. The molecule has 0 atom stereocenters. The normalized spacial score (nSPS) is 19.5. The van der Waals surface area contributed by atoms with Crippen LogP contribution in [0.2, 0.25) is 0 Å². The Morgan fingerprint density at radius 1 is 1.29 bits per heavy atom. The van der Waals surface area contributed by atoms with Crippen molar-refractivity contribution in [3.63, 3.8) is 0 Å². The summed E-state index contributed by atoms with van der Waals surface area (Å²) in [5.41, 5.74) is 0.839. The van der Waals surface area contributed by atoms with E-state index in [0.29, 0.717) is 12.0 Å². The maximum absolute atomic E-state index is 13.0. The molecule has 1 saturated heterocycles. The highest BCUT2D eigenvalue weighted by molar-refractivity contribution is 14.1. The van der Waals surface area contributed by atoms with Gasteiger partial charge in [0.05, 0.1) is 5.56 Å². The molecule has 1 amide bonds. The minimum atomic E-state index is 0.210. The molecule has 1 heterocycles. The fourth-order valence-corrected chi connectivity index (χ4v) is 3.87. The van der Waals surface area contributed by atoms with Gasteiger partial charge in [-0.3, -0.25) is 4.79 Å². The first-order chi connectivity index (χ1) is 10.1. The maximum Gasteiger partial charge on any atom is 0.255 e. The van der Waals surface area contributed by atoms with Gasteiger partial charge < -0.3 is 10.2 Å². The molecule has 2 fully saturated rings. The van der Waals surface area contributed by atoms with E-state index in [-0.39, 0.29) is 5.91 Å². The molecule has 1 aromatic rings. The minimum Gasteiger partial charge on any atom is -0.335 e. The Labute approximate surface area is 148 Å². The van der Waals surface area contributed by atoms with Crippen molar-refractivity contribution >= 4 is 44.4 Å². The van der Waals surface area contributed by atoms with Gasteiger partial charge in [-0.05, 0) is 85.5 Å². The van der Waals surface area contributed by atoms with Crippen LogP contribution in [0.25, 0.3) is 0 Å². The van der Waals surface area contributed by atoms with Gasteiger partial charge in [0.2, 0.25) is 0 Å². The largest absolute Gasteiger partial charge is 0.335 e. The van der Waals surface area contributed by atoms with Crippen molar-refractivity contribution in [3.05, 3.63) is 31.8 Å². The van der Waals surface area contributed by atoms with Gasteiger partial charge in [-0.15, -0.1) is 0 Å². The number of benzene rings is 1. The Morgan fingerprint density at radius 2 is 2.00 bits per heavy atom. The van der Waals surface area contributed by atoms with Gasteiger partial charge >= 0.3 is 0 Å². The molecule has 0 aromatic heterocycles. The van der Waals surface area contributed by atoms with Crippen LogP contribution in [0.4, 0.5) is 0 Å². The minimum absolute atomic E-state index is 0.210. The van der Waals surface area contributed by atoms with Crippen molar-refractivity contribution in [2.45, 2.75) is 31.7 Å². The van der Waals surface area contributed by atoms with Crippen molar-refractivity contribution in [3.8, 4) is 0 Å². The van der Waals surface area contributed by atoms with E-state index in [2.05, 4.69) is 48.7 Å². The summed E-state index contributed by atoms with van der Waals surface area (Å²) in [5.74, 6) is 0.863. The number of carbonyl (C=O) groups excluding carboxylic acids is 1. The van der Waals surface area contributed by atoms with Crippen LogP contribution in [0.15, 0.2) is 22.7 Å². The average Bonchev–Trinajstić information content (AvgIpc) is 3.32. The van der Waals surface area contributed by atoms with E-state index < -0.39 is 0 Å². The molecule has 1 aromatic carbocycles. The van der Waals surface area contributed by atoms with E-state index in [4.69, 9.17) is 0 Å². The quantitative estimate of drug-likeness (QED) is 0.692. The van der Waals surface area contributed by atoms with Crippen molar-refractivity contribution in [2.75, 3.05) is 19.6 Å². The van der Waals surface area contributed by atoms with Crippen LogP contribution >= 0.6 is 38.5 Å². The summed E-state index contributed by atoms with van der Waals surface area (Å²) in [6.45, 7) is 3.10. The third-order valence-electron chi connectivity index (χ3n) is 4.32. The lowest BCUT2D eigenvalue weighted by Gasteiger charge is -2.30. The van der Waals surface area contributed by atoms with Crippen LogP contribution < -0.4 is 5.32 Å². The van der Waals surface area contributed by atoms with Crippen LogP contribution in [-0.4, -0.2) is 36.5 Å². The molecule has 0 radical (unpaired) electrons. The molecule has 5 heteroatoms. The Morgan fingerprint density at radius 3 is 2.67 bits per heavy atom. The Hall–Kier alpha value is -0.140. The first kappa shape index (κ1) is 15.7. The van der Waals surface area contributed by atoms with Gasteiger partial charge in [-0.2, -0.15) is 0 Å². The van der Waals surface area contributed by atoms with E-state index in [1.165, 1.54) is 25.7 Å². The lowest BCUT2D eigenvalue weighted by molar-refractivity contribution is 0.0700. The predicted molar refractivity (Wildman–Crippen MR) is 96.5 cm³/mol. The van der Waals surface area contributed by atoms with E-state index in [0.717, 1.165) is 33.2 Å². The number of hydrogen-bond acceptors (Lipinski definition) is 2. The van der Waals surface area contributed by atoms with Crippen LogP contribution in [0.3, 0.4) is 0 Å². The van der Waals surface area contributed by atoms with Gasteiger partial charge in [0, 0.05) is 20.6 Å². The summed E-state index contributed by atoms with van der Waals surface area (Å²) in [7, 11) is 0. The third kappa shape index (κ3) is 3.99. The van der Waals surface area contributed by atoms with Crippen molar-refractivity contribution < 1.29 is 4.79 Å². The molecule has 114 valence electrons. The first-order valence-electron chi connectivity index (χ1n) is 7.62. The van der Waals surface area contributed by atoms with Gasteiger partial charge in [-0.1, -0.05) is 15.9 Å². The summed E-state index contributed by atoms with van der Waals surface area (Å²) in [6.07, 6.45) is 4.71. The molecule has 3 rings (SSSR count). The van der Waals surface area contributed by atoms with E-state index >= 15 is 0 Å². The topological polar surface area (TPSA) is 32.3 Å². The Kier molecular flexibility index (Phi) is 5.22. The maximum atomic E-state index is 13.0. The van der Waals surface area contributed by atoms with Gasteiger partial charge in [0.15, 0.2) is 0 Å². The molecule has 2 aliphatic rings. The molecule has 1 aliphatic heterocycles. The Balaban J connectivity index is 1.76. The number of halogens is 2. The first-order valence-corrected chi connectivity index (χ1v) is 9.49. The fourth-order valence-electron chi connectivity index (χ4n) is 2.94. The molecular weight excluding hydrogens is 443 g/mol. The van der Waals surface area contributed by atoms with Crippen molar-refractivity contribution in [1.29, 1.82) is 0 Å². The van der Waals surface area contributed by atoms with E-state index in [1.54, 1.807) is 0 Å². The number of nitrogens with one attached hydrogen (secondary N) is 1. The summed E-state index contributed by atoms with van der Waals surface area (Å²) < 4.78 is 2.01. The molecule has 1 N–H and O–H groups in total. The molecule has 3 nitrogen and oxygen atoms in total. The highest BCUT2D eigenvalue weighted by Crippen LogP contribution is 2.31.